The van der Waals surface area contributed by atoms with Crippen LogP contribution in [0.15, 0.2) is 40.8 Å². The first-order chi connectivity index (χ1) is 10.5. The molecule has 0 spiro atoms. The molecule has 8 heteroatoms. The standard InChI is InChI=1S/C14H9ClFN3O2S/c15-10-5-8(1-2-11(10)16)18-12(20)6-19-7-17-13-9(14(19)21)3-4-22-13/h1-5,7H,6H2,(H,18,20). The molecule has 2 heterocycles. The highest BCUT2D eigenvalue weighted by atomic mass is 35.5. The molecule has 0 unspecified atom stereocenters. The molecule has 2 aromatic heterocycles. The zero-order valence-electron chi connectivity index (χ0n) is 11.0. The quantitative estimate of drug-likeness (QED) is 0.799. The molecule has 112 valence electrons. The highest BCUT2D eigenvalue weighted by Gasteiger charge is 2.10. The molecule has 1 amide bonds. The van der Waals surface area contributed by atoms with Gasteiger partial charge in [-0.05, 0) is 29.6 Å². The number of carbonyl (C=O) groups excluding carboxylic acids is 1. The van der Waals surface area contributed by atoms with E-state index in [0.29, 0.717) is 15.9 Å². The first kappa shape index (κ1) is 14.7. The van der Waals surface area contributed by atoms with Crippen molar-refractivity contribution in [3.63, 3.8) is 0 Å². The minimum absolute atomic E-state index is 0.0867. The van der Waals surface area contributed by atoms with E-state index >= 15 is 0 Å². The van der Waals surface area contributed by atoms with Crippen molar-refractivity contribution in [1.82, 2.24) is 9.55 Å². The number of halogens is 2. The van der Waals surface area contributed by atoms with Crippen LogP contribution >= 0.6 is 22.9 Å². The Morgan fingerprint density at radius 2 is 2.23 bits per heavy atom. The molecule has 0 aliphatic carbocycles. The number of hydrogen-bond donors (Lipinski definition) is 1. The van der Waals surface area contributed by atoms with Gasteiger partial charge in [-0.1, -0.05) is 11.6 Å². The number of aromatic nitrogens is 2. The Balaban J connectivity index is 1.79. The first-order valence-electron chi connectivity index (χ1n) is 6.22. The molecule has 0 fully saturated rings. The predicted octanol–water partition coefficient (Wildman–Crippen LogP) is 2.89. The van der Waals surface area contributed by atoms with Gasteiger partial charge in [-0.3, -0.25) is 14.2 Å². The summed E-state index contributed by atoms with van der Waals surface area (Å²) >= 11 is 7.00. The maximum absolute atomic E-state index is 13.1. The maximum atomic E-state index is 13.1. The Labute approximate surface area is 133 Å². The van der Waals surface area contributed by atoms with Crippen LogP contribution < -0.4 is 10.9 Å². The Morgan fingerprint density at radius 3 is 3.00 bits per heavy atom. The van der Waals surface area contributed by atoms with Gasteiger partial charge in [-0.2, -0.15) is 0 Å². The highest BCUT2D eigenvalue weighted by molar-refractivity contribution is 7.16. The van der Waals surface area contributed by atoms with Gasteiger partial charge in [-0.25, -0.2) is 9.37 Å². The van der Waals surface area contributed by atoms with Gasteiger partial charge in [0.05, 0.1) is 16.7 Å². The van der Waals surface area contributed by atoms with Crippen LogP contribution in [0.1, 0.15) is 0 Å². The summed E-state index contributed by atoms with van der Waals surface area (Å²) in [5, 5.41) is 4.71. The minimum atomic E-state index is -0.567. The van der Waals surface area contributed by atoms with Crippen molar-refractivity contribution >= 4 is 44.7 Å². The van der Waals surface area contributed by atoms with Crippen LogP contribution in [-0.4, -0.2) is 15.5 Å². The molecule has 0 aliphatic rings. The number of rotatable bonds is 3. The molecule has 3 rings (SSSR count). The molecular weight excluding hydrogens is 329 g/mol. The number of benzene rings is 1. The van der Waals surface area contributed by atoms with Gasteiger partial charge in [-0.15, -0.1) is 11.3 Å². The molecule has 0 aliphatic heterocycles. The number of nitrogens with zero attached hydrogens (tertiary/aromatic N) is 2. The second-order valence-electron chi connectivity index (χ2n) is 4.49. The average Bonchev–Trinajstić information content (AvgIpc) is 2.95. The summed E-state index contributed by atoms with van der Waals surface area (Å²) < 4.78 is 14.3. The molecule has 0 bridgehead atoms. The normalized spacial score (nSPS) is 10.8. The van der Waals surface area contributed by atoms with Crippen molar-refractivity contribution in [3.05, 3.63) is 57.2 Å². The van der Waals surface area contributed by atoms with Gasteiger partial charge < -0.3 is 5.32 Å². The van der Waals surface area contributed by atoms with Gasteiger partial charge in [0.15, 0.2) is 0 Å². The molecule has 5 nitrogen and oxygen atoms in total. The van der Waals surface area contributed by atoms with Gasteiger partial charge in [0.25, 0.3) is 5.56 Å². The summed E-state index contributed by atoms with van der Waals surface area (Å²) in [6.07, 6.45) is 1.33. The van der Waals surface area contributed by atoms with Crippen LogP contribution in [0.4, 0.5) is 10.1 Å². The Morgan fingerprint density at radius 1 is 1.41 bits per heavy atom. The SMILES string of the molecule is O=C(Cn1cnc2sccc2c1=O)Nc1ccc(F)c(Cl)c1. The topological polar surface area (TPSA) is 64.0 Å². The summed E-state index contributed by atoms with van der Waals surface area (Å²) in [4.78, 5) is 28.9. The van der Waals surface area contributed by atoms with E-state index in [2.05, 4.69) is 10.3 Å². The van der Waals surface area contributed by atoms with Crippen molar-refractivity contribution in [3.8, 4) is 0 Å². The summed E-state index contributed by atoms with van der Waals surface area (Å²) in [6, 6.07) is 5.52. The van der Waals surface area contributed by atoms with E-state index in [1.807, 2.05) is 0 Å². The highest BCUT2D eigenvalue weighted by Crippen LogP contribution is 2.19. The fourth-order valence-electron chi connectivity index (χ4n) is 1.94. The molecule has 22 heavy (non-hydrogen) atoms. The number of thiophene rings is 1. The van der Waals surface area contributed by atoms with Gasteiger partial charge in [0.2, 0.25) is 5.91 Å². The lowest BCUT2D eigenvalue weighted by Crippen LogP contribution is -2.27. The Hall–Kier alpha value is -2.25. The number of hydrogen-bond acceptors (Lipinski definition) is 4. The number of fused-ring (bicyclic) bond motifs is 1. The van der Waals surface area contributed by atoms with E-state index in [-0.39, 0.29) is 17.1 Å². The summed E-state index contributed by atoms with van der Waals surface area (Å²) in [6.45, 7) is -0.188. The van der Waals surface area contributed by atoms with Crippen LogP contribution in [0.25, 0.3) is 10.2 Å². The number of carbonyl (C=O) groups is 1. The third-order valence-electron chi connectivity index (χ3n) is 2.97. The number of amides is 1. The molecule has 0 radical (unpaired) electrons. The maximum Gasteiger partial charge on any atom is 0.262 e. The van der Waals surface area contributed by atoms with E-state index in [1.165, 1.54) is 34.4 Å². The fraction of sp³-hybridized carbons (Fsp3) is 0.0714. The van der Waals surface area contributed by atoms with Crippen LogP contribution in [0.2, 0.25) is 5.02 Å². The lowest BCUT2D eigenvalue weighted by Gasteiger charge is -2.07. The van der Waals surface area contributed by atoms with Crippen LogP contribution in [-0.2, 0) is 11.3 Å². The third kappa shape index (κ3) is 2.86. The number of anilines is 1. The predicted molar refractivity (Wildman–Crippen MR) is 83.9 cm³/mol. The molecular formula is C14H9ClFN3O2S. The lowest BCUT2D eigenvalue weighted by atomic mass is 10.3. The van der Waals surface area contributed by atoms with Crippen molar-refractivity contribution in [2.24, 2.45) is 0 Å². The zero-order chi connectivity index (χ0) is 15.7. The molecule has 0 saturated carbocycles. The van der Waals surface area contributed by atoms with E-state index in [4.69, 9.17) is 11.6 Å². The van der Waals surface area contributed by atoms with Crippen molar-refractivity contribution < 1.29 is 9.18 Å². The van der Waals surface area contributed by atoms with Crippen molar-refractivity contribution in [2.45, 2.75) is 6.54 Å². The third-order valence-corrected chi connectivity index (χ3v) is 4.08. The van der Waals surface area contributed by atoms with Crippen molar-refractivity contribution in [2.75, 3.05) is 5.32 Å². The molecule has 1 N–H and O–H groups in total. The van der Waals surface area contributed by atoms with Crippen molar-refractivity contribution in [1.29, 1.82) is 0 Å². The summed E-state index contributed by atoms with van der Waals surface area (Å²) in [5.74, 6) is -0.996. The smallest absolute Gasteiger partial charge is 0.262 e. The zero-order valence-corrected chi connectivity index (χ0v) is 12.6. The van der Waals surface area contributed by atoms with Crippen LogP contribution in [0, 0.1) is 5.82 Å². The summed E-state index contributed by atoms with van der Waals surface area (Å²) in [7, 11) is 0. The van der Waals surface area contributed by atoms with E-state index in [0.717, 1.165) is 6.07 Å². The molecule has 3 aromatic rings. The molecule has 1 aromatic carbocycles. The fourth-order valence-corrected chi connectivity index (χ4v) is 2.84. The number of nitrogens with one attached hydrogen (secondary N) is 1. The van der Waals surface area contributed by atoms with E-state index in [1.54, 1.807) is 11.4 Å². The largest absolute Gasteiger partial charge is 0.324 e. The van der Waals surface area contributed by atoms with E-state index < -0.39 is 11.7 Å². The van der Waals surface area contributed by atoms with E-state index in [9.17, 15) is 14.0 Å². The monoisotopic (exact) mass is 337 g/mol. The molecule has 0 atom stereocenters. The van der Waals surface area contributed by atoms with Gasteiger partial charge in [0.1, 0.15) is 17.2 Å². The van der Waals surface area contributed by atoms with Crippen LogP contribution in [0.5, 0.6) is 0 Å². The second-order valence-corrected chi connectivity index (χ2v) is 5.80. The van der Waals surface area contributed by atoms with Gasteiger partial charge in [0, 0.05) is 5.69 Å². The minimum Gasteiger partial charge on any atom is -0.324 e. The van der Waals surface area contributed by atoms with Crippen LogP contribution in [0.3, 0.4) is 0 Å². The Bertz CT molecular complexity index is 922. The summed E-state index contributed by atoms with van der Waals surface area (Å²) in [5.41, 5.74) is 0.0764. The first-order valence-corrected chi connectivity index (χ1v) is 7.48. The average molecular weight is 338 g/mol. The second kappa shape index (κ2) is 5.86. The lowest BCUT2D eigenvalue weighted by molar-refractivity contribution is -0.116. The molecule has 0 saturated heterocycles. The Kier molecular flexibility index (Phi) is 3.91. The van der Waals surface area contributed by atoms with Gasteiger partial charge >= 0.3 is 0 Å².